The number of amides is 2. The first-order valence-corrected chi connectivity index (χ1v) is 11.7. The molecule has 0 saturated carbocycles. The Kier molecular flexibility index (Phi) is 7.47. The third kappa shape index (κ3) is 5.36. The van der Waals surface area contributed by atoms with E-state index >= 15 is 0 Å². The fourth-order valence-corrected chi connectivity index (χ4v) is 4.26. The largest absolute Gasteiger partial charge is 0.493 e. The summed E-state index contributed by atoms with van der Waals surface area (Å²) in [5.41, 5.74) is 2.07. The molecule has 2 aromatic carbocycles. The SMILES string of the molecule is CN/C=C(/c1cc(Cl)ccc1OCC1CN(C(=O)c2cc3c(cc2F)OCC(=O)N3)C1)C(C)NC. The third-order valence-corrected chi connectivity index (χ3v) is 6.34. The van der Waals surface area contributed by atoms with Gasteiger partial charge in [0.2, 0.25) is 0 Å². The molecule has 1 unspecified atom stereocenters. The molecule has 2 amide bonds. The minimum Gasteiger partial charge on any atom is -0.493 e. The maximum Gasteiger partial charge on any atom is 0.262 e. The molecule has 0 radical (unpaired) electrons. The van der Waals surface area contributed by atoms with E-state index in [1.165, 1.54) is 6.07 Å². The average Bonchev–Trinajstić information content (AvgIpc) is 2.81. The monoisotopic (exact) mass is 502 g/mol. The van der Waals surface area contributed by atoms with Gasteiger partial charge in [0.15, 0.2) is 6.61 Å². The predicted molar refractivity (Wildman–Crippen MR) is 132 cm³/mol. The minimum absolute atomic E-state index is 0.0572. The molecule has 1 atom stereocenters. The third-order valence-electron chi connectivity index (χ3n) is 6.10. The zero-order valence-electron chi connectivity index (χ0n) is 19.8. The summed E-state index contributed by atoms with van der Waals surface area (Å²) in [5.74, 6) is -0.453. The highest BCUT2D eigenvalue weighted by Crippen LogP contribution is 2.34. The summed E-state index contributed by atoms with van der Waals surface area (Å²) in [6, 6.07) is 8.00. The van der Waals surface area contributed by atoms with Gasteiger partial charge >= 0.3 is 0 Å². The summed E-state index contributed by atoms with van der Waals surface area (Å²) in [6.45, 7) is 3.14. The van der Waals surface area contributed by atoms with Crippen molar-refractivity contribution in [3.8, 4) is 11.5 Å². The Balaban J connectivity index is 1.40. The van der Waals surface area contributed by atoms with Crippen LogP contribution < -0.4 is 25.4 Å². The second-order valence-electron chi connectivity index (χ2n) is 8.59. The number of fused-ring (bicyclic) bond motifs is 1. The first-order valence-electron chi connectivity index (χ1n) is 11.3. The Labute approximate surface area is 208 Å². The van der Waals surface area contributed by atoms with Crippen molar-refractivity contribution in [2.75, 3.05) is 45.7 Å². The zero-order valence-corrected chi connectivity index (χ0v) is 20.5. The summed E-state index contributed by atoms with van der Waals surface area (Å²) >= 11 is 6.26. The molecule has 0 aromatic heterocycles. The van der Waals surface area contributed by atoms with Gasteiger partial charge in [-0.2, -0.15) is 0 Å². The van der Waals surface area contributed by atoms with Crippen LogP contribution in [0.3, 0.4) is 0 Å². The Morgan fingerprint density at radius 2 is 2.09 bits per heavy atom. The summed E-state index contributed by atoms with van der Waals surface area (Å²) in [4.78, 5) is 26.0. The number of anilines is 1. The van der Waals surface area contributed by atoms with Gasteiger partial charge in [0, 0.05) is 54.9 Å². The summed E-state index contributed by atoms with van der Waals surface area (Å²) in [5, 5.41) is 9.50. The summed E-state index contributed by atoms with van der Waals surface area (Å²) in [6.07, 6.45) is 1.91. The van der Waals surface area contributed by atoms with E-state index in [-0.39, 0.29) is 35.8 Å². The van der Waals surface area contributed by atoms with Crippen LogP contribution in [0.15, 0.2) is 36.5 Å². The molecule has 8 nitrogen and oxygen atoms in total. The zero-order chi connectivity index (χ0) is 25.1. The topological polar surface area (TPSA) is 91.9 Å². The fourth-order valence-electron chi connectivity index (χ4n) is 4.09. The lowest BCUT2D eigenvalue weighted by Crippen LogP contribution is -2.52. The van der Waals surface area contributed by atoms with Crippen LogP contribution in [0, 0.1) is 11.7 Å². The van der Waals surface area contributed by atoms with Crippen LogP contribution in [0.2, 0.25) is 5.02 Å². The van der Waals surface area contributed by atoms with Crippen LogP contribution in [0.5, 0.6) is 11.5 Å². The quantitative estimate of drug-likeness (QED) is 0.514. The molecule has 2 aliphatic heterocycles. The number of benzene rings is 2. The standard InChI is InChI=1S/C25H28ClFN4O4/c1-14(29-3)19(9-28-2)17-6-16(26)4-5-22(17)34-12-15-10-31(11-15)25(33)18-7-21-23(8-20(18)27)35-13-24(32)30-21/h4-9,14-15,28-29H,10-13H2,1-3H3,(H,30,32)/b19-9+. The highest BCUT2D eigenvalue weighted by atomic mass is 35.5. The molecule has 4 rings (SSSR count). The molecule has 35 heavy (non-hydrogen) atoms. The lowest BCUT2D eigenvalue weighted by Gasteiger charge is -2.39. The summed E-state index contributed by atoms with van der Waals surface area (Å²) in [7, 11) is 3.71. The van der Waals surface area contributed by atoms with Gasteiger partial charge in [0.05, 0.1) is 17.9 Å². The van der Waals surface area contributed by atoms with Gasteiger partial charge in [0.25, 0.3) is 11.8 Å². The van der Waals surface area contributed by atoms with Crippen molar-refractivity contribution in [3.05, 3.63) is 58.5 Å². The number of halogens is 2. The number of ether oxygens (including phenoxy) is 2. The van der Waals surface area contributed by atoms with Gasteiger partial charge in [-0.05, 0) is 43.8 Å². The van der Waals surface area contributed by atoms with E-state index in [1.54, 1.807) is 11.0 Å². The number of carbonyl (C=O) groups excluding carboxylic acids is 2. The first-order chi connectivity index (χ1) is 16.8. The molecule has 0 aliphatic carbocycles. The van der Waals surface area contributed by atoms with E-state index in [4.69, 9.17) is 21.1 Å². The maximum absolute atomic E-state index is 14.5. The van der Waals surface area contributed by atoms with E-state index < -0.39 is 11.7 Å². The van der Waals surface area contributed by atoms with Crippen LogP contribution in [-0.2, 0) is 4.79 Å². The first kappa shape index (κ1) is 24.8. The molecule has 0 spiro atoms. The maximum atomic E-state index is 14.5. The molecule has 2 aromatic rings. The van der Waals surface area contributed by atoms with E-state index in [0.29, 0.717) is 36.2 Å². The molecule has 1 saturated heterocycles. The van der Waals surface area contributed by atoms with Crippen LogP contribution in [-0.4, -0.2) is 63.2 Å². The summed E-state index contributed by atoms with van der Waals surface area (Å²) < 4.78 is 25.9. The van der Waals surface area contributed by atoms with E-state index in [9.17, 15) is 14.0 Å². The molecule has 10 heteroatoms. The van der Waals surface area contributed by atoms with Crippen molar-refractivity contribution in [2.45, 2.75) is 13.0 Å². The van der Waals surface area contributed by atoms with E-state index in [2.05, 4.69) is 16.0 Å². The number of nitrogens with zero attached hydrogens (tertiary/aromatic N) is 1. The number of carbonyl (C=O) groups is 2. The lowest BCUT2D eigenvalue weighted by atomic mass is 9.98. The van der Waals surface area contributed by atoms with Gasteiger partial charge in [-0.1, -0.05) is 11.6 Å². The normalized spacial score (nSPS) is 16.5. The van der Waals surface area contributed by atoms with Crippen LogP contribution >= 0.6 is 11.6 Å². The molecule has 186 valence electrons. The molecule has 0 bridgehead atoms. The smallest absolute Gasteiger partial charge is 0.262 e. The Hall–Kier alpha value is -3.30. The van der Waals surface area contributed by atoms with Crippen molar-refractivity contribution < 1.29 is 23.5 Å². The molecular formula is C25H28ClFN4O4. The van der Waals surface area contributed by atoms with Crippen molar-refractivity contribution in [2.24, 2.45) is 5.92 Å². The molecule has 3 N–H and O–H groups in total. The van der Waals surface area contributed by atoms with Gasteiger partial charge in [-0.25, -0.2) is 4.39 Å². The number of rotatable bonds is 8. The van der Waals surface area contributed by atoms with Gasteiger partial charge in [-0.3, -0.25) is 9.59 Å². The van der Waals surface area contributed by atoms with Crippen LogP contribution in [0.4, 0.5) is 10.1 Å². The van der Waals surface area contributed by atoms with Crippen molar-refractivity contribution in [1.29, 1.82) is 0 Å². The molecule has 2 heterocycles. The molecule has 2 aliphatic rings. The second-order valence-corrected chi connectivity index (χ2v) is 9.03. The van der Waals surface area contributed by atoms with Crippen LogP contribution in [0.1, 0.15) is 22.8 Å². The molecular weight excluding hydrogens is 475 g/mol. The Bertz CT molecular complexity index is 1170. The van der Waals surface area contributed by atoms with Gasteiger partial charge < -0.3 is 30.3 Å². The number of hydrogen-bond acceptors (Lipinski definition) is 6. The van der Waals surface area contributed by atoms with Crippen LogP contribution in [0.25, 0.3) is 5.57 Å². The number of hydrogen-bond donors (Lipinski definition) is 3. The number of nitrogens with one attached hydrogen (secondary N) is 3. The molecule has 1 fully saturated rings. The highest BCUT2D eigenvalue weighted by Gasteiger charge is 2.34. The predicted octanol–water partition coefficient (Wildman–Crippen LogP) is 3.13. The van der Waals surface area contributed by atoms with E-state index in [1.807, 2.05) is 39.4 Å². The average molecular weight is 503 g/mol. The van der Waals surface area contributed by atoms with E-state index in [0.717, 1.165) is 17.2 Å². The van der Waals surface area contributed by atoms with Gasteiger partial charge in [0.1, 0.15) is 17.3 Å². The fraction of sp³-hybridized carbons (Fsp3) is 0.360. The van der Waals surface area contributed by atoms with Crippen molar-refractivity contribution in [3.63, 3.8) is 0 Å². The van der Waals surface area contributed by atoms with Crippen molar-refractivity contribution >= 4 is 34.7 Å². The minimum atomic E-state index is -0.682. The number of likely N-dealkylation sites (tertiary alicyclic amines) is 1. The second kappa shape index (κ2) is 10.5. The van der Waals surface area contributed by atoms with Gasteiger partial charge in [-0.15, -0.1) is 0 Å². The van der Waals surface area contributed by atoms with Crippen molar-refractivity contribution in [1.82, 2.24) is 15.5 Å². The Morgan fingerprint density at radius 3 is 2.80 bits per heavy atom. The highest BCUT2D eigenvalue weighted by molar-refractivity contribution is 6.30. The Morgan fingerprint density at radius 1 is 1.31 bits per heavy atom. The lowest BCUT2D eigenvalue weighted by molar-refractivity contribution is -0.118. The number of likely N-dealkylation sites (N-methyl/N-ethyl adjacent to an activating group) is 1.